The highest BCUT2D eigenvalue weighted by Gasteiger charge is 2.42. The lowest BCUT2D eigenvalue weighted by atomic mass is 10.0. The van der Waals surface area contributed by atoms with E-state index in [1.54, 1.807) is 12.3 Å². The minimum absolute atomic E-state index is 0.261. The van der Waals surface area contributed by atoms with E-state index in [9.17, 15) is 14.0 Å². The number of aromatic nitrogens is 4. The van der Waals surface area contributed by atoms with Gasteiger partial charge >= 0.3 is 5.69 Å². The van der Waals surface area contributed by atoms with Crippen molar-refractivity contribution < 1.29 is 4.39 Å². The fourth-order valence-electron chi connectivity index (χ4n) is 3.41. The number of hydrogen-bond acceptors (Lipinski definition) is 3. The molecule has 3 aromatic rings. The van der Waals surface area contributed by atoms with Gasteiger partial charge in [0.25, 0.3) is 5.56 Å². The zero-order valence-corrected chi connectivity index (χ0v) is 13.4. The third-order valence-corrected chi connectivity index (χ3v) is 4.75. The smallest absolute Gasteiger partial charge is 0.274 e. The number of halogens is 1. The Kier molecular flexibility index (Phi) is 3.19. The van der Waals surface area contributed by atoms with Gasteiger partial charge in [0, 0.05) is 18.5 Å². The van der Waals surface area contributed by atoms with E-state index < -0.39 is 11.2 Å². The Bertz CT molecular complexity index is 1050. The topological polar surface area (TPSA) is 72.2 Å². The predicted octanol–water partition coefficient (Wildman–Crippen LogP) is 2.07. The van der Waals surface area contributed by atoms with Crippen molar-refractivity contribution in [1.29, 1.82) is 0 Å². The number of aromatic amines is 1. The molecule has 1 aliphatic carbocycles. The number of H-pyrrole nitrogens is 1. The molecule has 1 saturated carbocycles. The van der Waals surface area contributed by atoms with Crippen molar-refractivity contribution in [2.75, 3.05) is 0 Å². The second kappa shape index (κ2) is 5.15. The molecule has 0 saturated heterocycles. The fourth-order valence-corrected chi connectivity index (χ4v) is 3.41. The Balaban J connectivity index is 1.92. The standard InChI is InChI=1S/C17H17FN4O2/c1-9(2)10-7-11(10)12-8-14(20-22-6-3-13(18)16(12)22)21-5-4-15(23)19-17(21)24/h3-6,8-11H,7H2,1-2H3,(H,19,23,24)/t10-,11+/m1/s1. The number of rotatable bonds is 3. The van der Waals surface area contributed by atoms with Crippen LogP contribution in [0.3, 0.4) is 0 Å². The molecular weight excluding hydrogens is 311 g/mol. The lowest BCUT2D eigenvalue weighted by Gasteiger charge is -2.10. The van der Waals surface area contributed by atoms with Gasteiger partial charge in [0.1, 0.15) is 5.52 Å². The van der Waals surface area contributed by atoms with E-state index in [4.69, 9.17) is 0 Å². The largest absolute Gasteiger partial charge is 0.334 e. The zero-order valence-electron chi connectivity index (χ0n) is 13.4. The van der Waals surface area contributed by atoms with E-state index in [1.165, 1.54) is 27.4 Å². The molecule has 24 heavy (non-hydrogen) atoms. The van der Waals surface area contributed by atoms with Crippen molar-refractivity contribution in [3.8, 4) is 5.82 Å². The highest BCUT2D eigenvalue weighted by atomic mass is 19.1. The van der Waals surface area contributed by atoms with Crippen LogP contribution in [0.2, 0.25) is 0 Å². The molecule has 3 heterocycles. The van der Waals surface area contributed by atoms with Gasteiger partial charge in [-0.1, -0.05) is 13.8 Å². The Morgan fingerprint density at radius 1 is 1.29 bits per heavy atom. The Hall–Kier alpha value is -2.70. The van der Waals surface area contributed by atoms with Crippen molar-refractivity contribution in [2.24, 2.45) is 11.8 Å². The average molecular weight is 328 g/mol. The summed E-state index contributed by atoms with van der Waals surface area (Å²) < 4.78 is 16.9. The van der Waals surface area contributed by atoms with Gasteiger partial charge in [-0.3, -0.25) is 14.3 Å². The molecule has 1 aliphatic rings. The Morgan fingerprint density at radius 3 is 2.75 bits per heavy atom. The predicted molar refractivity (Wildman–Crippen MR) is 87.1 cm³/mol. The Morgan fingerprint density at radius 2 is 2.08 bits per heavy atom. The fraction of sp³-hybridized carbons (Fsp3) is 0.353. The van der Waals surface area contributed by atoms with Crippen LogP contribution in [-0.2, 0) is 0 Å². The maximum atomic E-state index is 14.2. The first-order valence-electron chi connectivity index (χ1n) is 7.96. The average Bonchev–Trinajstić information content (AvgIpc) is 3.25. The van der Waals surface area contributed by atoms with Crippen LogP contribution in [0.15, 0.2) is 40.2 Å². The van der Waals surface area contributed by atoms with Gasteiger partial charge in [-0.05, 0) is 41.9 Å². The number of fused-ring (bicyclic) bond motifs is 1. The van der Waals surface area contributed by atoms with Crippen LogP contribution in [0.25, 0.3) is 11.3 Å². The molecule has 0 radical (unpaired) electrons. The van der Waals surface area contributed by atoms with Crippen molar-refractivity contribution in [3.05, 3.63) is 62.8 Å². The van der Waals surface area contributed by atoms with Gasteiger partial charge in [-0.15, -0.1) is 5.10 Å². The molecule has 1 N–H and O–H groups in total. The van der Waals surface area contributed by atoms with Gasteiger partial charge < -0.3 is 0 Å². The first-order valence-corrected chi connectivity index (χ1v) is 7.96. The first kappa shape index (κ1) is 14.9. The summed E-state index contributed by atoms with van der Waals surface area (Å²) in [7, 11) is 0. The number of hydrogen-bond donors (Lipinski definition) is 1. The molecule has 1 fully saturated rings. The lowest BCUT2D eigenvalue weighted by Crippen LogP contribution is -2.28. The van der Waals surface area contributed by atoms with Crippen molar-refractivity contribution in [2.45, 2.75) is 26.2 Å². The summed E-state index contributed by atoms with van der Waals surface area (Å²) in [6.45, 7) is 4.32. The van der Waals surface area contributed by atoms with Crippen LogP contribution in [-0.4, -0.2) is 19.2 Å². The maximum Gasteiger partial charge on any atom is 0.334 e. The zero-order chi connectivity index (χ0) is 17.0. The van der Waals surface area contributed by atoms with Gasteiger partial charge in [0.05, 0.1) is 0 Å². The number of nitrogens with one attached hydrogen (secondary N) is 1. The van der Waals surface area contributed by atoms with Gasteiger partial charge in [0.2, 0.25) is 0 Å². The van der Waals surface area contributed by atoms with E-state index in [0.717, 1.165) is 12.0 Å². The number of nitrogens with zero attached hydrogens (tertiary/aromatic N) is 3. The summed E-state index contributed by atoms with van der Waals surface area (Å²) in [6.07, 6.45) is 3.93. The summed E-state index contributed by atoms with van der Waals surface area (Å²) in [5.41, 5.74) is 0.291. The van der Waals surface area contributed by atoms with Crippen molar-refractivity contribution >= 4 is 5.52 Å². The molecule has 4 rings (SSSR count). The SMILES string of the molecule is CC(C)[C@H]1C[C@@H]1c1cc(-n2ccc(=O)[nH]c2=O)nn2ccc(F)c12. The third-order valence-electron chi connectivity index (χ3n) is 4.75. The van der Waals surface area contributed by atoms with Crippen LogP contribution >= 0.6 is 0 Å². The quantitative estimate of drug-likeness (QED) is 0.800. The highest BCUT2D eigenvalue weighted by molar-refractivity contribution is 5.60. The van der Waals surface area contributed by atoms with E-state index >= 15 is 0 Å². The summed E-state index contributed by atoms with van der Waals surface area (Å²) in [4.78, 5) is 25.5. The molecule has 0 aromatic carbocycles. The van der Waals surface area contributed by atoms with Crippen LogP contribution in [0.1, 0.15) is 31.7 Å². The van der Waals surface area contributed by atoms with Crippen LogP contribution in [0.4, 0.5) is 4.39 Å². The van der Waals surface area contributed by atoms with E-state index in [-0.39, 0.29) is 11.7 Å². The second-order valence-corrected chi connectivity index (χ2v) is 6.64. The molecule has 0 aliphatic heterocycles. The molecule has 124 valence electrons. The maximum absolute atomic E-state index is 14.2. The van der Waals surface area contributed by atoms with E-state index in [0.29, 0.717) is 23.2 Å². The molecule has 2 atom stereocenters. The molecule has 3 aromatic heterocycles. The van der Waals surface area contributed by atoms with Gasteiger partial charge in [-0.25, -0.2) is 13.7 Å². The summed E-state index contributed by atoms with van der Waals surface area (Å²) in [5.74, 6) is 1.33. The van der Waals surface area contributed by atoms with Crippen LogP contribution in [0.5, 0.6) is 0 Å². The Labute approximate surface area is 136 Å². The second-order valence-electron chi connectivity index (χ2n) is 6.64. The van der Waals surface area contributed by atoms with Crippen LogP contribution in [0, 0.1) is 17.7 Å². The van der Waals surface area contributed by atoms with E-state index in [2.05, 4.69) is 23.9 Å². The van der Waals surface area contributed by atoms with Crippen molar-refractivity contribution in [3.63, 3.8) is 0 Å². The molecule has 0 amide bonds. The molecule has 7 heteroatoms. The monoisotopic (exact) mass is 328 g/mol. The normalized spacial score (nSPS) is 20.0. The molecular formula is C17H17FN4O2. The summed E-state index contributed by atoms with van der Waals surface area (Å²) in [6, 6.07) is 4.39. The van der Waals surface area contributed by atoms with E-state index in [1.807, 2.05) is 0 Å². The van der Waals surface area contributed by atoms with Gasteiger partial charge in [0.15, 0.2) is 11.6 Å². The molecule has 0 unspecified atom stereocenters. The summed E-state index contributed by atoms with van der Waals surface area (Å²) in [5, 5.41) is 4.32. The summed E-state index contributed by atoms with van der Waals surface area (Å²) >= 11 is 0. The minimum atomic E-state index is -0.566. The van der Waals surface area contributed by atoms with Gasteiger partial charge in [-0.2, -0.15) is 0 Å². The molecule has 0 spiro atoms. The molecule has 6 nitrogen and oxygen atoms in total. The third kappa shape index (κ3) is 2.28. The lowest BCUT2D eigenvalue weighted by molar-refractivity contribution is 0.548. The minimum Gasteiger partial charge on any atom is -0.274 e. The first-order chi connectivity index (χ1) is 11.5. The highest BCUT2D eigenvalue weighted by Crippen LogP contribution is 2.53. The van der Waals surface area contributed by atoms with Crippen LogP contribution < -0.4 is 11.2 Å². The molecule has 0 bridgehead atoms. The van der Waals surface area contributed by atoms with Crippen molar-refractivity contribution in [1.82, 2.24) is 19.2 Å².